The van der Waals surface area contributed by atoms with E-state index < -0.39 is 17.2 Å². The van der Waals surface area contributed by atoms with Gasteiger partial charge in [-0.3, -0.25) is 14.8 Å². The molecule has 0 saturated carbocycles. The van der Waals surface area contributed by atoms with Crippen LogP contribution in [0.15, 0.2) is 9.59 Å². The van der Waals surface area contributed by atoms with E-state index in [9.17, 15) is 14.4 Å². The summed E-state index contributed by atoms with van der Waals surface area (Å²) >= 11 is 0. The second kappa shape index (κ2) is 10.6. The van der Waals surface area contributed by atoms with Crippen LogP contribution in [0.3, 0.4) is 0 Å². The zero-order valence-corrected chi connectivity index (χ0v) is 15.4. The van der Waals surface area contributed by atoms with Crippen molar-refractivity contribution >= 4 is 17.1 Å². The maximum Gasteiger partial charge on any atom is 0.374 e. The van der Waals surface area contributed by atoms with Crippen LogP contribution in [0.5, 0.6) is 0 Å². The minimum atomic E-state index is -0.667. The van der Waals surface area contributed by atoms with Gasteiger partial charge in [-0.2, -0.15) is 0 Å². The Balaban J connectivity index is 1.61. The molecule has 26 heavy (non-hydrogen) atoms. The molecule has 0 aliphatic carbocycles. The molecule has 8 nitrogen and oxygen atoms in total. The number of ether oxygens (including phenoxy) is 1. The van der Waals surface area contributed by atoms with Gasteiger partial charge in [0.2, 0.25) is 5.82 Å². The lowest BCUT2D eigenvalue weighted by Gasteiger charge is -2.03. The van der Waals surface area contributed by atoms with Crippen LogP contribution < -0.4 is 11.2 Å². The molecule has 3 N–H and O–H groups in total. The predicted molar refractivity (Wildman–Crippen MR) is 99.5 cm³/mol. The first-order valence-electron chi connectivity index (χ1n) is 9.51. The molecular weight excluding hydrogens is 336 g/mol. The van der Waals surface area contributed by atoms with Crippen molar-refractivity contribution in [2.24, 2.45) is 0 Å². The molecule has 2 aromatic heterocycles. The van der Waals surface area contributed by atoms with Gasteiger partial charge in [-0.25, -0.2) is 14.6 Å². The smallest absolute Gasteiger partial charge is 0.374 e. The number of H-pyrrole nitrogens is 3. The van der Waals surface area contributed by atoms with Crippen LogP contribution in [0.4, 0.5) is 0 Å². The van der Waals surface area contributed by atoms with Gasteiger partial charge >= 0.3 is 11.7 Å². The van der Waals surface area contributed by atoms with Crippen LogP contribution in [0.2, 0.25) is 0 Å². The Labute approximate surface area is 151 Å². The fourth-order valence-electron chi connectivity index (χ4n) is 2.85. The Bertz CT molecular complexity index is 805. The van der Waals surface area contributed by atoms with Gasteiger partial charge in [0, 0.05) is 0 Å². The van der Waals surface area contributed by atoms with E-state index in [1.165, 1.54) is 44.9 Å². The molecule has 0 amide bonds. The summed E-state index contributed by atoms with van der Waals surface area (Å²) < 4.78 is 5.16. The minimum Gasteiger partial charge on any atom is -0.460 e. The number of nitrogens with one attached hydrogen (secondary N) is 3. The molecule has 0 atom stereocenters. The average molecular weight is 364 g/mol. The molecule has 0 aliphatic heterocycles. The summed E-state index contributed by atoms with van der Waals surface area (Å²) in [4.78, 5) is 45.6. The van der Waals surface area contributed by atoms with Crippen molar-refractivity contribution < 1.29 is 9.53 Å². The summed E-state index contributed by atoms with van der Waals surface area (Å²) in [5, 5.41) is 0. The quantitative estimate of drug-likeness (QED) is 0.395. The van der Waals surface area contributed by atoms with E-state index >= 15 is 0 Å². The molecule has 0 saturated heterocycles. The SMILES string of the molecule is CCCCCCCCCCCCOC(=O)c1nc2[nH]c(=O)[nH]c(=O)c2[nH]1. The number of aromatic nitrogens is 4. The maximum atomic E-state index is 12.0. The molecule has 0 bridgehead atoms. The van der Waals surface area contributed by atoms with Crippen LogP contribution in [-0.4, -0.2) is 32.5 Å². The number of nitrogens with zero attached hydrogens (tertiary/aromatic N) is 1. The Hall–Kier alpha value is -2.38. The lowest BCUT2D eigenvalue weighted by atomic mass is 10.1. The van der Waals surface area contributed by atoms with Gasteiger partial charge in [0.15, 0.2) is 5.65 Å². The van der Waals surface area contributed by atoms with Crippen molar-refractivity contribution in [3.05, 3.63) is 26.7 Å². The van der Waals surface area contributed by atoms with Gasteiger partial charge < -0.3 is 9.72 Å². The Morgan fingerprint density at radius 3 is 2.15 bits per heavy atom. The summed E-state index contributed by atoms with van der Waals surface area (Å²) in [7, 11) is 0. The van der Waals surface area contributed by atoms with Crippen LogP contribution >= 0.6 is 0 Å². The molecule has 0 aliphatic rings. The lowest BCUT2D eigenvalue weighted by Crippen LogP contribution is -2.21. The number of esters is 1. The summed E-state index contributed by atoms with van der Waals surface area (Å²) in [5.41, 5.74) is -1.19. The van der Waals surface area contributed by atoms with Crippen LogP contribution in [0, 0.1) is 0 Å². The number of hydrogen-bond donors (Lipinski definition) is 3. The van der Waals surface area contributed by atoms with Crippen molar-refractivity contribution in [2.45, 2.75) is 71.1 Å². The predicted octanol–water partition coefficient (Wildman–Crippen LogP) is 3.02. The van der Waals surface area contributed by atoms with E-state index in [1.54, 1.807) is 0 Å². The minimum absolute atomic E-state index is 0.0460. The van der Waals surface area contributed by atoms with Gasteiger partial charge in [-0.15, -0.1) is 0 Å². The van der Waals surface area contributed by atoms with Crippen molar-refractivity contribution in [2.75, 3.05) is 6.61 Å². The Morgan fingerprint density at radius 2 is 1.50 bits per heavy atom. The first-order valence-corrected chi connectivity index (χ1v) is 9.51. The van der Waals surface area contributed by atoms with Crippen molar-refractivity contribution in [1.29, 1.82) is 0 Å². The fourth-order valence-corrected chi connectivity index (χ4v) is 2.85. The van der Waals surface area contributed by atoms with E-state index in [2.05, 4.69) is 26.9 Å². The van der Waals surface area contributed by atoms with E-state index in [1.807, 2.05) is 0 Å². The van der Waals surface area contributed by atoms with Crippen LogP contribution in [-0.2, 0) is 4.74 Å². The second-order valence-electron chi connectivity index (χ2n) is 6.54. The number of aromatic amines is 3. The van der Waals surface area contributed by atoms with E-state index in [4.69, 9.17) is 4.74 Å². The summed E-state index contributed by atoms with van der Waals surface area (Å²) in [5.74, 6) is -0.711. The number of unbranched alkanes of at least 4 members (excludes halogenated alkanes) is 9. The zero-order valence-electron chi connectivity index (χ0n) is 15.4. The molecule has 0 fully saturated rings. The normalized spacial score (nSPS) is 11.1. The average Bonchev–Trinajstić information content (AvgIpc) is 3.04. The molecular formula is C18H28N4O4. The van der Waals surface area contributed by atoms with Crippen molar-refractivity contribution in [3.8, 4) is 0 Å². The molecule has 0 unspecified atom stereocenters. The van der Waals surface area contributed by atoms with Crippen molar-refractivity contribution in [3.63, 3.8) is 0 Å². The first kappa shape index (κ1) is 19.9. The van der Waals surface area contributed by atoms with Gasteiger partial charge in [-0.1, -0.05) is 64.7 Å². The lowest BCUT2D eigenvalue weighted by molar-refractivity contribution is 0.0485. The Morgan fingerprint density at radius 1 is 0.885 bits per heavy atom. The largest absolute Gasteiger partial charge is 0.460 e. The van der Waals surface area contributed by atoms with Crippen molar-refractivity contribution in [1.82, 2.24) is 19.9 Å². The third kappa shape index (κ3) is 6.16. The van der Waals surface area contributed by atoms with Crippen LogP contribution in [0.25, 0.3) is 11.2 Å². The highest BCUT2D eigenvalue weighted by Gasteiger charge is 2.15. The standard InChI is InChI=1S/C18H28N4O4/c1-2-3-4-5-6-7-8-9-10-11-12-26-17(24)15-19-13-14(20-15)21-18(25)22-16(13)23/h2-12H2,1H3,(H3,19,20,21,22,23,25). The summed E-state index contributed by atoms with van der Waals surface area (Å²) in [6.07, 6.45) is 12.1. The molecule has 2 aromatic rings. The van der Waals surface area contributed by atoms with Gasteiger partial charge in [0.25, 0.3) is 5.56 Å². The maximum absolute atomic E-state index is 12.0. The molecule has 2 rings (SSSR count). The summed E-state index contributed by atoms with van der Waals surface area (Å²) in [6.45, 7) is 2.54. The summed E-state index contributed by atoms with van der Waals surface area (Å²) in [6, 6.07) is 0. The molecule has 0 radical (unpaired) electrons. The first-order chi connectivity index (χ1) is 12.6. The number of carbonyl (C=O) groups is 1. The third-order valence-electron chi connectivity index (χ3n) is 4.31. The van der Waals surface area contributed by atoms with Crippen LogP contribution in [0.1, 0.15) is 81.8 Å². The number of hydrogen-bond acceptors (Lipinski definition) is 5. The molecule has 8 heteroatoms. The third-order valence-corrected chi connectivity index (χ3v) is 4.31. The number of imidazole rings is 1. The highest BCUT2D eigenvalue weighted by atomic mass is 16.5. The number of rotatable bonds is 12. The number of fused-ring (bicyclic) bond motifs is 1. The van der Waals surface area contributed by atoms with E-state index in [0.29, 0.717) is 6.61 Å². The Kier molecular flexibility index (Phi) is 8.11. The van der Waals surface area contributed by atoms with Gasteiger partial charge in [0.05, 0.1) is 6.61 Å². The monoisotopic (exact) mass is 364 g/mol. The molecule has 0 aromatic carbocycles. The van der Waals surface area contributed by atoms with Gasteiger partial charge in [0.1, 0.15) is 5.52 Å². The van der Waals surface area contributed by atoms with Gasteiger partial charge in [-0.05, 0) is 6.42 Å². The second-order valence-corrected chi connectivity index (χ2v) is 6.54. The molecule has 2 heterocycles. The fraction of sp³-hybridized carbons (Fsp3) is 0.667. The highest BCUT2D eigenvalue weighted by molar-refractivity contribution is 5.89. The molecule has 144 valence electrons. The topological polar surface area (TPSA) is 121 Å². The zero-order chi connectivity index (χ0) is 18.8. The number of carbonyl (C=O) groups excluding carboxylic acids is 1. The van der Waals surface area contributed by atoms with E-state index in [-0.39, 0.29) is 17.0 Å². The van der Waals surface area contributed by atoms with E-state index in [0.717, 1.165) is 19.3 Å². The molecule has 0 spiro atoms. The highest BCUT2D eigenvalue weighted by Crippen LogP contribution is 2.11.